The molecule has 1 N–H and O–H groups in total. The molecule has 0 spiro atoms. The van der Waals surface area contributed by atoms with Gasteiger partial charge in [0, 0.05) is 0 Å². The van der Waals surface area contributed by atoms with Crippen LogP contribution in [0, 0.1) is 0 Å². The van der Waals surface area contributed by atoms with Crippen molar-refractivity contribution in [2.75, 3.05) is 0 Å². The first-order valence-electron chi connectivity index (χ1n) is 7.96. The lowest BCUT2D eigenvalue weighted by Crippen LogP contribution is -2.56. The largest absolute Gasteiger partial charge is 0.389 e. The highest BCUT2D eigenvalue weighted by Gasteiger charge is 2.46. The Morgan fingerprint density at radius 3 is 1.68 bits per heavy atom. The second-order valence-electron chi connectivity index (χ2n) is 7.27. The van der Waals surface area contributed by atoms with Crippen LogP contribution in [0.4, 0.5) is 0 Å². The van der Waals surface area contributed by atoms with Crippen LogP contribution in [0.15, 0.2) is 71.6 Å². The van der Waals surface area contributed by atoms with Crippen LogP contribution in [0.5, 0.6) is 0 Å². The predicted molar refractivity (Wildman–Crippen MR) is 100 cm³/mol. The van der Waals surface area contributed by atoms with Crippen molar-refractivity contribution < 1.29 is 5.11 Å². The van der Waals surface area contributed by atoms with Gasteiger partial charge in [0.05, 0.1) is 14.2 Å². The Hall–Kier alpha value is -1.43. The summed E-state index contributed by atoms with van der Waals surface area (Å²) < 4.78 is 0. The second kappa shape index (κ2) is 5.65. The number of aliphatic hydroxyl groups excluding tert-OH is 1. The van der Waals surface area contributed by atoms with Gasteiger partial charge >= 0.3 is 0 Å². The third kappa shape index (κ3) is 2.64. The zero-order valence-corrected chi connectivity index (χ0v) is 15.6. The van der Waals surface area contributed by atoms with E-state index in [0.29, 0.717) is 0 Å². The van der Waals surface area contributed by atoms with Crippen molar-refractivity contribution in [2.24, 2.45) is 0 Å². The summed E-state index contributed by atoms with van der Waals surface area (Å²) in [5.74, 6) is 0. The van der Waals surface area contributed by atoms with Gasteiger partial charge in [-0.3, -0.25) is 0 Å². The van der Waals surface area contributed by atoms with Gasteiger partial charge in [0.25, 0.3) is 0 Å². The Labute approximate surface area is 135 Å². The Bertz CT molecular complexity index is 632. The van der Waals surface area contributed by atoms with Crippen LogP contribution in [-0.2, 0) is 0 Å². The zero-order chi connectivity index (χ0) is 15.8. The Morgan fingerprint density at radius 1 is 0.864 bits per heavy atom. The van der Waals surface area contributed by atoms with Gasteiger partial charge in [-0.15, -0.1) is 0 Å². The molecule has 0 saturated carbocycles. The monoisotopic (exact) mass is 324 g/mol. The maximum atomic E-state index is 10.8. The minimum absolute atomic E-state index is 0.265. The van der Waals surface area contributed by atoms with Gasteiger partial charge in [0.1, 0.15) is 8.07 Å². The summed E-state index contributed by atoms with van der Waals surface area (Å²) in [7, 11) is -3.49. The van der Waals surface area contributed by atoms with E-state index < -0.39 is 16.1 Å². The highest BCUT2D eigenvalue weighted by molar-refractivity contribution is 7.08. The van der Waals surface area contributed by atoms with Crippen molar-refractivity contribution >= 4 is 26.5 Å². The fraction of sp³-hybridized carbons (Fsp3) is 0.263. The Balaban J connectivity index is 2.21. The summed E-state index contributed by atoms with van der Waals surface area (Å²) in [6, 6.07) is 22.5. The molecule has 0 bridgehead atoms. The molecule has 1 atom stereocenters. The van der Waals surface area contributed by atoms with E-state index in [1.54, 1.807) is 0 Å². The molecule has 114 valence electrons. The highest BCUT2D eigenvalue weighted by Crippen LogP contribution is 2.33. The third-order valence-corrected chi connectivity index (χ3v) is 11.8. The molecule has 1 aliphatic heterocycles. The fourth-order valence-corrected chi connectivity index (χ4v) is 11.8. The number of hydrogen-bond acceptors (Lipinski definition) is 1. The SMILES string of the molecule is C[Si](C)(C)C1=C[Si](c2ccccc2)(c2ccccc2)CC1O. The highest BCUT2D eigenvalue weighted by atomic mass is 28.3. The minimum Gasteiger partial charge on any atom is -0.389 e. The molecule has 1 unspecified atom stereocenters. The molecule has 0 radical (unpaired) electrons. The number of aliphatic hydroxyl groups is 1. The summed E-state index contributed by atoms with van der Waals surface area (Å²) in [5.41, 5.74) is 2.51. The van der Waals surface area contributed by atoms with Crippen LogP contribution in [0.25, 0.3) is 0 Å². The quantitative estimate of drug-likeness (QED) is 0.861. The number of benzene rings is 2. The van der Waals surface area contributed by atoms with E-state index in [4.69, 9.17) is 0 Å². The molecular weight excluding hydrogens is 300 g/mol. The lowest BCUT2D eigenvalue weighted by atomic mass is 10.4. The third-order valence-electron chi connectivity index (χ3n) is 4.72. The van der Waals surface area contributed by atoms with Crippen LogP contribution in [-0.4, -0.2) is 27.4 Å². The van der Waals surface area contributed by atoms with Crippen LogP contribution in [0.2, 0.25) is 25.7 Å². The number of rotatable bonds is 3. The molecule has 0 aliphatic carbocycles. The fourth-order valence-electron chi connectivity index (χ4n) is 3.59. The van der Waals surface area contributed by atoms with Crippen LogP contribution in [0.3, 0.4) is 0 Å². The summed E-state index contributed by atoms with van der Waals surface area (Å²) >= 11 is 0. The van der Waals surface area contributed by atoms with E-state index >= 15 is 0 Å². The average molecular weight is 325 g/mol. The molecule has 1 aliphatic rings. The summed E-state index contributed by atoms with van der Waals surface area (Å²) in [4.78, 5) is 0. The molecule has 3 rings (SSSR count). The summed E-state index contributed by atoms with van der Waals surface area (Å²) in [6.07, 6.45) is -0.265. The van der Waals surface area contributed by atoms with Gasteiger partial charge in [-0.05, 0) is 16.4 Å². The van der Waals surface area contributed by atoms with Crippen LogP contribution in [0.1, 0.15) is 0 Å². The minimum atomic E-state index is -2.00. The summed E-state index contributed by atoms with van der Waals surface area (Å²) in [6.45, 7) is 7.01. The Kier molecular flexibility index (Phi) is 3.97. The van der Waals surface area contributed by atoms with E-state index in [2.05, 4.69) is 86.0 Å². The normalized spacial score (nSPS) is 20.7. The molecule has 2 aromatic carbocycles. The predicted octanol–water partition coefficient (Wildman–Crippen LogP) is 2.97. The van der Waals surface area contributed by atoms with E-state index in [1.807, 2.05) is 0 Å². The van der Waals surface area contributed by atoms with Crippen molar-refractivity contribution in [2.45, 2.75) is 31.8 Å². The topological polar surface area (TPSA) is 20.2 Å². The molecule has 0 amide bonds. The van der Waals surface area contributed by atoms with Gasteiger partial charge in [0.2, 0.25) is 0 Å². The zero-order valence-electron chi connectivity index (χ0n) is 13.6. The molecule has 1 heterocycles. The molecule has 22 heavy (non-hydrogen) atoms. The van der Waals surface area contributed by atoms with Crippen molar-refractivity contribution in [3.63, 3.8) is 0 Å². The molecule has 0 saturated heterocycles. The molecule has 0 aromatic heterocycles. The van der Waals surface area contributed by atoms with E-state index in [-0.39, 0.29) is 6.10 Å². The second-order valence-corrected chi connectivity index (χ2v) is 16.1. The average Bonchev–Trinajstić information content (AvgIpc) is 2.88. The van der Waals surface area contributed by atoms with Crippen molar-refractivity contribution in [3.8, 4) is 0 Å². The first kappa shape index (κ1) is 15.5. The lowest BCUT2D eigenvalue weighted by molar-refractivity contribution is 0.240. The Morgan fingerprint density at radius 2 is 1.32 bits per heavy atom. The van der Waals surface area contributed by atoms with Gasteiger partial charge in [-0.25, -0.2) is 0 Å². The van der Waals surface area contributed by atoms with Crippen LogP contribution < -0.4 is 10.4 Å². The first-order chi connectivity index (χ1) is 10.4. The van der Waals surface area contributed by atoms with E-state index in [9.17, 15) is 5.11 Å². The van der Waals surface area contributed by atoms with Gasteiger partial charge < -0.3 is 5.11 Å². The van der Waals surface area contributed by atoms with Gasteiger partial charge in [-0.2, -0.15) is 0 Å². The standard InChI is InChI=1S/C19H24OSi2/c1-21(2,3)19-15-22(14-18(19)20,16-10-6-4-7-11-16)17-12-8-5-9-13-17/h4-13,15,18,20H,14H2,1-3H3. The smallest absolute Gasteiger partial charge is 0.143 e. The molecular formula is C19H24OSi2. The van der Waals surface area contributed by atoms with E-state index in [0.717, 1.165) is 6.04 Å². The number of hydrogen-bond donors (Lipinski definition) is 1. The van der Waals surface area contributed by atoms with Crippen molar-refractivity contribution in [1.82, 2.24) is 0 Å². The van der Waals surface area contributed by atoms with E-state index in [1.165, 1.54) is 15.6 Å². The van der Waals surface area contributed by atoms with Gasteiger partial charge in [0.15, 0.2) is 0 Å². The van der Waals surface area contributed by atoms with Crippen molar-refractivity contribution in [3.05, 3.63) is 71.6 Å². The molecule has 3 heteroatoms. The summed E-state index contributed by atoms with van der Waals surface area (Å²) in [5, 5.41) is 14.9. The molecule has 1 nitrogen and oxygen atoms in total. The first-order valence-corrected chi connectivity index (χ1v) is 13.7. The lowest BCUT2D eigenvalue weighted by Gasteiger charge is -2.26. The van der Waals surface area contributed by atoms with Crippen molar-refractivity contribution in [1.29, 1.82) is 0 Å². The maximum absolute atomic E-state index is 10.8. The van der Waals surface area contributed by atoms with Crippen LogP contribution >= 0.6 is 0 Å². The molecule has 0 fully saturated rings. The molecule has 2 aromatic rings. The van der Waals surface area contributed by atoms with Gasteiger partial charge in [-0.1, -0.05) is 91.2 Å². The maximum Gasteiger partial charge on any atom is 0.143 e.